The summed E-state index contributed by atoms with van der Waals surface area (Å²) in [6.45, 7) is 1.49. The number of imidazole rings is 1. The number of hydrogen-bond donors (Lipinski definition) is 6. The van der Waals surface area contributed by atoms with Crippen molar-refractivity contribution in [3.8, 4) is 0 Å². The summed E-state index contributed by atoms with van der Waals surface area (Å²) in [4.78, 5) is 22.8. The summed E-state index contributed by atoms with van der Waals surface area (Å²) in [7, 11) is -4.69. The van der Waals surface area contributed by atoms with E-state index in [9.17, 15) is 29.9 Å². The minimum absolute atomic E-state index is 0.0458. The van der Waals surface area contributed by atoms with Crippen LogP contribution in [-0.2, 0) is 18.6 Å². The zero-order valence-corrected chi connectivity index (χ0v) is 28.2. The van der Waals surface area contributed by atoms with Gasteiger partial charge in [-0.2, -0.15) is 0 Å². The fourth-order valence-electron chi connectivity index (χ4n) is 5.68. The molecule has 0 saturated carbocycles. The highest BCUT2D eigenvalue weighted by molar-refractivity contribution is 7.60. The Morgan fingerprint density at radius 3 is 2.00 bits per heavy atom. The summed E-state index contributed by atoms with van der Waals surface area (Å²) in [5.41, 5.74) is 5.36. The van der Waals surface area contributed by atoms with E-state index in [0.717, 1.165) is 19.3 Å². The largest absolute Gasteiger partial charge is 0.396 e. The zero-order valence-electron chi connectivity index (χ0n) is 27.3. The standard InChI is InChI=1S/C31H56N5O9P/c1-2-3-4-5-6-7-8-9-10-11-12-13-14-15-16-17-18-43-21-23(19-37)45-46(41,42)31-34-28(32)25-29(35-31)36(22-33-25)30-27(40)26(39)24(20-38)44-30/h22-24,26-27,30,37-40H,2-21H2,1H3,(H,41,42)(H2,32,34,35)/t23?,24-,26-,27+,30-/m1/s1. The lowest BCUT2D eigenvalue weighted by Crippen LogP contribution is -2.33. The molecule has 0 spiro atoms. The molecule has 15 heteroatoms. The lowest BCUT2D eigenvalue weighted by atomic mass is 10.0. The van der Waals surface area contributed by atoms with Gasteiger partial charge in [0.05, 0.1) is 26.1 Å². The molecular weight excluding hydrogens is 617 g/mol. The van der Waals surface area contributed by atoms with E-state index in [1.54, 1.807) is 0 Å². The first-order valence-electron chi connectivity index (χ1n) is 17.1. The number of fused-ring (bicyclic) bond motifs is 1. The van der Waals surface area contributed by atoms with Crippen molar-refractivity contribution < 1.29 is 43.9 Å². The Labute approximate surface area is 272 Å². The van der Waals surface area contributed by atoms with Gasteiger partial charge in [0.15, 0.2) is 17.7 Å². The van der Waals surface area contributed by atoms with Crippen molar-refractivity contribution in [2.24, 2.45) is 0 Å². The molecule has 0 radical (unpaired) electrons. The third kappa shape index (κ3) is 11.7. The van der Waals surface area contributed by atoms with Crippen molar-refractivity contribution in [2.45, 2.75) is 140 Å². The third-order valence-electron chi connectivity index (χ3n) is 8.42. The molecule has 1 fully saturated rings. The first-order valence-corrected chi connectivity index (χ1v) is 18.6. The van der Waals surface area contributed by atoms with Gasteiger partial charge in [-0.25, -0.2) is 15.0 Å². The van der Waals surface area contributed by atoms with Crippen LogP contribution in [0.15, 0.2) is 6.33 Å². The van der Waals surface area contributed by atoms with E-state index in [4.69, 9.17) is 19.7 Å². The van der Waals surface area contributed by atoms with E-state index < -0.39 is 57.0 Å². The maximum Gasteiger partial charge on any atom is 0.396 e. The molecule has 7 N–H and O–H groups in total. The number of ether oxygens (including phenoxy) is 2. The SMILES string of the molecule is CCCCCCCCCCCCCCCCCCOCC(CO)OP(=O)(O)c1nc(N)c2ncn([C@@H]3O[C@H](CO)[C@@H](O)[C@@H]3O)c2n1. The lowest BCUT2D eigenvalue weighted by Gasteiger charge is -2.20. The van der Waals surface area contributed by atoms with Crippen LogP contribution in [0.3, 0.4) is 0 Å². The quantitative estimate of drug-likeness (QED) is 0.0658. The summed E-state index contributed by atoms with van der Waals surface area (Å²) in [6.07, 6.45) is 15.4. The van der Waals surface area contributed by atoms with E-state index in [0.29, 0.717) is 6.61 Å². The van der Waals surface area contributed by atoms with Gasteiger partial charge in [0.1, 0.15) is 29.9 Å². The molecule has 1 saturated heterocycles. The van der Waals surface area contributed by atoms with Crippen LogP contribution in [0.25, 0.3) is 11.2 Å². The molecule has 2 aromatic heterocycles. The molecule has 0 aliphatic carbocycles. The van der Waals surface area contributed by atoms with Crippen LogP contribution in [0, 0.1) is 0 Å². The molecule has 1 aliphatic heterocycles. The van der Waals surface area contributed by atoms with Gasteiger partial charge < -0.3 is 40.5 Å². The number of nitrogens with two attached hydrogens (primary N) is 1. The maximum atomic E-state index is 13.1. The minimum atomic E-state index is -4.69. The number of aliphatic hydroxyl groups excluding tert-OH is 4. The second-order valence-corrected chi connectivity index (χ2v) is 13.9. The van der Waals surface area contributed by atoms with E-state index >= 15 is 0 Å². The number of anilines is 1. The number of nitrogens with zero attached hydrogens (tertiary/aromatic N) is 4. The zero-order chi connectivity index (χ0) is 33.4. The molecule has 0 bridgehead atoms. The molecule has 14 nitrogen and oxygen atoms in total. The highest BCUT2D eigenvalue weighted by Gasteiger charge is 2.44. The molecule has 6 atom stereocenters. The lowest BCUT2D eigenvalue weighted by molar-refractivity contribution is -0.0511. The van der Waals surface area contributed by atoms with E-state index in [1.807, 2.05) is 0 Å². The van der Waals surface area contributed by atoms with Crippen molar-refractivity contribution in [1.29, 1.82) is 0 Å². The average molecular weight is 674 g/mol. The van der Waals surface area contributed by atoms with Gasteiger partial charge >= 0.3 is 7.60 Å². The number of rotatable bonds is 25. The molecule has 0 aromatic carbocycles. The number of aromatic nitrogens is 4. The summed E-state index contributed by atoms with van der Waals surface area (Å²) in [5.74, 6) is -0.219. The Bertz CT molecular complexity index is 1190. The monoisotopic (exact) mass is 673 g/mol. The Hall–Kier alpha value is -1.74. The summed E-state index contributed by atoms with van der Waals surface area (Å²) < 4.78 is 30.8. The number of hydrogen-bond acceptors (Lipinski definition) is 12. The van der Waals surface area contributed by atoms with Gasteiger partial charge in [0.2, 0.25) is 5.57 Å². The summed E-state index contributed by atoms with van der Waals surface area (Å²) in [6, 6.07) is 0. The predicted octanol–water partition coefficient (Wildman–Crippen LogP) is 3.49. The number of aliphatic hydroxyl groups is 4. The number of unbranched alkanes of at least 4 members (excludes halogenated alkanes) is 15. The molecule has 0 amide bonds. The molecule has 2 aromatic rings. The van der Waals surface area contributed by atoms with Crippen LogP contribution >= 0.6 is 7.60 Å². The molecule has 264 valence electrons. The van der Waals surface area contributed by atoms with E-state index in [-0.39, 0.29) is 23.6 Å². The minimum Gasteiger partial charge on any atom is -0.394 e. The van der Waals surface area contributed by atoms with Crippen LogP contribution in [0.1, 0.15) is 116 Å². The first-order chi connectivity index (χ1) is 22.2. The highest BCUT2D eigenvalue weighted by Crippen LogP contribution is 2.42. The van der Waals surface area contributed by atoms with Crippen molar-refractivity contribution in [3.63, 3.8) is 0 Å². The Morgan fingerprint density at radius 2 is 1.48 bits per heavy atom. The van der Waals surface area contributed by atoms with Crippen LogP contribution in [-0.4, -0.2) is 95.7 Å². The van der Waals surface area contributed by atoms with Gasteiger partial charge in [0.25, 0.3) is 0 Å². The van der Waals surface area contributed by atoms with Gasteiger partial charge in [-0.05, 0) is 6.42 Å². The number of nitrogen functional groups attached to an aromatic ring is 1. The topological polar surface area (TPSA) is 216 Å². The fraction of sp³-hybridized carbons (Fsp3) is 0.839. The molecule has 2 unspecified atom stereocenters. The van der Waals surface area contributed by atoms with Gasteiger partial charge in [0, 0.05) is 6.61 Å². The Kier molecular flexibility index (Phi) is 17.3. The smallest absolute Gasteiger partial charge is 0.394 e. The van der Waals surface area contributed by atoms with Gasteiger partial charge in [-0.3, -0.25) is 13.7 Å². The first kappa shape index (κ1) is 38.7. The second kappa shape index (κ2) is 20.6. The van der Waals surface area contributed by atoms with Crippen LogP contribution in [0.5, 0.6) is 0 Å². The van der Waals surface area contributed by atoms with Crippen molar-refractivity contribution >= 4 is 30.1 Å². The maximum absolute atomic E-state index is 13.1. The van der Waals surface area contributed by atoms with Crippen molar-refractivity contribution in [3.05, 3.63) is 6.33 Å². The molecular formula is C31H56N5O9P. The molecule has 3 rings (SSSR count). The molecule has 1 aliphatic rings. The summed E-state index contributed by atoms with van der Waals surface area (Å²) >= 11 is 0. The van der Waals surface area contributed by atoms with Gasteiger partial charge in [-0.15, -0.1) is 0 Å². The highest BCUT2D eigenvalue weighted by atomic mass is 31.2. The molecule has 3 heterocycles. The third-order valence-corrected chi connectivity index (χ3v) is 9.71. The van der Waals surface area contributed by atoms with Crippen molar-refractivity contribution in [2.75, 3.05) is 32.2 Å². The fourth-order valence-corrected chi connectivity index (χ4v) is 6.76. The Morgan fingerprint density at radius 1 is 0.913 bits per heavy atom. The normalized spacial score (nSPS) is 22.0. The van der Waals surface area contributed by atoms with E-state index in [2.05, 4.69) is 21.9 Å². The summed E-state index contributed by atoms with van der Waals surface area (Å²) in [5, 5.41) is 39.7. The van der Waals surface area contributed by atoms with Crippen LogP contribution in [0.4, 0.5) is 5.82 Å². The predicted molar refractivity (Wildman–Crippen MR) is 175 cm³/mol. The van der Waals surface area contributed by atoms with Crippen LogP contribution in [0.2, 0.25) is 0 Å². The molecule has 46 heavy (non-hydrogen) atoms. The second-order valence-electron chi connectivity index (χ2n) is 12.3. The van der Waals surface area contributed by atoms with Crippen LogP contribution < -0.4 is 11.3 Å². The van der Waals surface area contributed by atoms with Crippen molar-refractivity contribution in [1.82, 2.24) is 19.5 Å². The van der Waals surface area contributed by atoms with Gasteiger partial charge in [-0.1, -0.05) is 103 Å². The Balaban J connectivity index is 1.33. The van der Waals surface area contributed by atoms with E-state index in [1.165, 1.54) is 94.4 Å². The average Bonchev–Trinajstić information content (AvgIpc) is 3.59.